The maximum absolute atomic E-state index is 6.17. The van der Waals surface area contributed by atoms with E-state index < -0.39 is 0 Å². The van der Waals surface area contributed by atoms with Crippen molar-refractivity contribution < 1.29 is 25.9 Å². The van der Waals surface area contributed by atoms with Gasteiger partial charge in [-0.25, -0.2) is 0 Å². The van der Waals surface area contributed by atoms with Crippen LogP contribution in [0, 0.1) is 13.8 Å². The summed E-state index contributed by atoms with van der Waals surface area (Å²) in [4.78, 5) is 0. The molecular formula is C20H24IO-. The SMILES string of the molecule is C=CC[I-]C(CC)c1ccc(C)c(Oc2ccccc2)c1C. The number of hydrogen-bond donors (Lipinski definition) is 0. The second-order valence-corrected chi connectivity index (χ2v) is 8.58. The summed E-state index contributed by atoms with van der Waals surface area (Å²) in [5, 5.41) is 0. The Morgan fingerprint density at radius 3 is 2.50 bits per heavy atom. The third-order valence-electron chi connectivity index (χ3n) is 3.69. The fraction of sp³-hybridized carbons (Fsp3) is 0.300. The van der Waals surface area contributed by atoms with Crippen LogP contribution in [0.5, 0.6) is 11.5 Å². The first-order valence-corrected chi connectivity index (χ1v) is 10.5. The van der Waals surface area contributed by atoms with Gasteiger partial charge in [0.2, 0.25) is 0 Å². The predicted octanol–water partition coefficient (Wildman–Crippen LogP) is 2.82. The molecule has 0 bridgehead atoms. The van der Waals surface area contributed by atoms with E-state index in [4.69, 9.17) is 4.74 Å². The molecule has 0 radical (unpaired) electrons. The summed E-state index contributed by atoms with van der Waals surface area (Å²) >= 11 is 0.107. The van der Waals surface area contributed by atoms with Crippen LogP contribution in [0.1, 0.15) is 34.0 Å². The average Bonchev–Trinajstić information content (AvgIpc) is 2.54. The Balaban J connectivity index is 2.34. The molecule has 0 aromatic heterocycles. The van der Waals surface area contributed by atoms with Crippen LogP contribution in [0.25, 0.3) is 0 Å². The van der Waals surface area contributed by atoms with Crippen molar-refractivity contribution in [2.24, 2.45) is 0 Å². The predicted molar refractivity (Wildman–Crippen MR) is 90.5 cm³/mol. The number of allylic oxidation sites excluding steroid dienone is 1. The van der Waals surface area contributed by atoms with Gasteiger partial charge in [-0.3, -0.25) is 0 Å². The van der Waals surface area contributed by atoms with E-state index in [0.29, 0.717) is 3.92 Å². The quantitative estimate of drug-likeness (QED) is 0.390. The fourth-order valence-electron chi connectivity index (χ4n) is 2.53. The molecule has 1 nitrogen and oxygen atoms in total. The van der Waals surface area contributed by atoms with Gasteiger partial charge in [0, 0.05) is 0 Å². The molecule has 0 saturated heterocycles. The van der Waals surface area contributed by atoms with E-state index >= 15 is 0 Å². The molecule has 0 amide bonds. The normalized spacial score (nSPS) is 12.1. The molecule has 0 N–H and O–H groups in total. The van der Waals surface area contributed by atoms with Crippen molar-refractivity contribution in [3.8, 4) is 11.5 Å². The number of halogens is 1. The van der Waals surface area contributed by atoms with Gasteiger partial charge >= 0.3 is 145 Å². The molecule has 0 saturated carbocycles. The molecule has 2 aromatic carbocycles. The van der Waals surface area contributed by atoms with Crippen molar-refractivity contribution in [1.29, 1.82) is 0 Å². The number of ether oxygens (including phenoxy) is 1. The van der Waals surface area contributed by atoms with E-state index in [2.05, 4.69) is 45.6 Å². The van der Waals surface area contributed by atoms with Gasteiger partial charge in [0.1, 0.15) is 0 Å². The van der Waals surface area contributed by atoms with Crippen molar-refractivity contribution >= 4 is 0 Å². The standard InChI is InChI=1S/C20H24IO/c1-5-14-21-19(6-2)18-13-12-15(3)20(16(18)4)22-17-10-8-7-9-11-17/h5,7-13,19H,1,6,14H2,2-4H3/q-1. The van der Waals surface area contributed by atoms with Gasteiger partial charge in [-0.2, -0.15) is 0 Å². The number of benzene rings is 2. The molecule has 0 spiro atoms. The van der Waals surface area contributed by atoms with Gasteiger partial charge in [-0.15, -0.1) is 0 Å². The van der Waals surface area contributed by atoms with Crippen molar-refractivity contribution in [3.63, 3.8) is 0 Å². The third-order valence-corrected chi connectivity index (χ3v) is 7.43. The van der Waals surface area contributed by atoms with Crippen LogP contribution in [0.3, 0.4) is 0 Å². The first-order chi connectivity index (χ1) is 10.7. The third kappa shape index (κ3) is 4.13. The zero-order valence-electron chi connectivity index (χ0n) is 13.6. The summed E-state index contributed by atoms with van der Waals surface area (Å²) < 4.78 is 8.01. The molecule has 1 unspecified atom stereocenters. The van der Waals surface area contributed by atoms with Gasteiger partial charge in [0.05, 0.1) is 0 Å². The van der Waals surface area contributed by atoms with Crippen LogP contribution in [0.2, 0.25) is 0 Å². The summed E-state index contributed by atoms with van der Waals surface area (Å²) in [6, 6.07) is 14.5. The van der Waals surface area contributed by atoms with Crippen molar-refractivity contribution in [2.75, 3.05) is 4.43 Å². The van der Waals surface area contributed by atoms with E-state index in [0.717, 1.165) is 11.5 Å². The van der Waals surface area contributed by atoms with Gasteiger partial charge in [0.15, 0.2) is 0 Å². The summed E-state index contributed by atoms with van der Waals surface area (Å²) in [6.45, 7) is 10.5. The second-order valence-electron chi connectivity index (χ2n) is 5.31. The topological polar surface area (TPSA) is 9.23 Å². The minimum absolute atomic E-state index is 0.107. The van der Waals surface area contributed by atoms with Crippen molar-refractivity contribution in [3.05, 3.63) is 71.8 Å². The number of hydrogen-bond acceptors (Lipinski definition) is 1. The number of aryl methyl sites for hydroxylation is 1. The monoisotopic (exact) mass is 407 g/mol. The van der Waals surface area contributed by atoms with Crippen molar-refractivity contribution in [2.45, 2.75) is 31.1 Å². The Kier molecular flexibility index (Phi) is 6.49. The van der Waals surface area contributed by atoms with E-state index in [1.807, 2.05) is 30.3 Å². The summed E-state index contributed by atoms with van der Waals surface area (Å²) in [6.07, 6.45) is 3.25. The molecule has 2 rings (SSSR count). The van der Waals surface area contributed by atoms with E-state index in [1.165, 1.54) is 27.5 Å². The van der Waals surface area contributed by atoms with Gasteiger partial charge < -0.3 is 0 Å². The molecule has 1 atom stereocenters. The Morgan fingerprint density at radius 2 is 1.86 bits per heavy atom. The molecule has 0 aliphatic rings. The molecular weight excluding hydrogens is 383 g/mol. The van der Waals surface area contributed by atoms with Crippen LogP contribution in [-0.2, 0) is 0 Å². The Bertz CT molecular complexity index is 619. The summed E-state index contributed by atoms with van der Waals surface area (Å²) in [5.41, 5.74) is 3.94. The summed E-state index contributed by atoms with van der Waals surface area (Å²) in [5.74, 6) is 1.92. The average molecular weight is 407 g/mol. The van der Waals surface area contributed by atoms with E-state index in [-0.39, 0.29) is 21.2 Å². The number of rotatable bonds is 7. The second kappa shape index (κ2) is 8.37. The molecule has 0 aliphatic carbocycles. The van der Waals surface area contributed by atoms with Crippen LogP contribution >= 0.6 is 0 Å². The Hall–Kier alpha value is -1.29. The Labute approximate surface area is 144 Å². The maximum atomic E-state index is 6.17. The summed E-state index contributed by atoms with van der Waals surface area (Å²) in [7, 11) is 0. The first-order valence-electron chi connectivity index (χ1n) is 7.69. The zero-order chi connectivity index (χ0) is 15.9. The molecule has 22 heavy (non-hydrogen) atoms. The van der Waals surface area contributed by atoms with Crippen molar-refractivity contribution in [1.82, 2.24) is 0 Å². The van der Waals surface area contributed by atoms with Crippen LogP contribution < -0.4 is 25.9 Å². The Morgan fingerprint density at radius 1 is 1.14 bits per heavy atom. The van der Waals surface area contributed by atoms with Gasteiger partial charge in [-0.05, 0) is 0 Å². The number of para-hydroxylation sites is 1. The van der Waals surface area contributed by atoms with E-state index in [1.54, 1.807) is 0 Å². The van der Waals surface area contributed by atoms with Crippen LogP contribution in [-0.4, -0.2) is 4.43 Å². The van der Waals surface area contributed by atoms with Gasteiger partial charge in [0.25, 0.3) is 0 Å². The molecule has 0 heterocycles. The molecule has 118 valence electrons. The zero-order valence-corrected chi connectivity index (χ0v) is 15.8. The molecule has 0 fully saturated rings. The van der Waals surface area contributed by atoms with Crippen LogP contribution in [0.4, 0.5) is 0 Å². The molecule has 2 aromatic rings. The molecule has 2 heteroatoms. The number of alkyl halides is 2. The van der Waals surface area contributed by atoms with Gasteiger partial charge in [-0.1, -0.05) is 0 Å². The molecule has 0 aliphatic heterocycles. The fourth-order valence-corrected chi connectivity index (χ4v) is 5.27. The van der Waals surface area contributed by atoms with E-state index in [9.17, 15) is 0 Å². The first kappa shape index (κ1) is 17.1. The van der Waals surface area contributed by atoms with Crippen LogP contribution in [0.15, 0.2) is 55.1 Å². The minimum atomic E-state index is 0.107.